The minimum absolute atomic E-state index is 0.500. The summed E-state index contributed by atoms with van der Waals surface area (Å²) in [6.45, 7) is 6.26. The Morgan fingerprint density at radius 2 is 1.78 bits per heavy atom. The average molecular weight is 546 g/mol. The predicted octanol–water partition coefficient (Wildman–Crippen LogP) is 7.95. The van der Waals surface area contributed by atoms with Gasteiger partial charge in [0.05, 0.1) is 0 Å². The van der Waals surface area contributed by atoms with Crippen molar-refractivity contribution in [3.63, 3.8) is 0 Å². The van der Waals surface area contributed by atoms with Crippen LogP contribution in [0.3, 0.4) is 0 Å². The zero-order valence-electron chi connectivity index (χ0n) is 20.7. The second kappa shape index (κ2) is 12.4. The van der Waals surface area contributed by atoms with E-state index in [2.05, 4.69) is 32.7 Å². The molecule has 2 unspecified atom stereocenters. The maximum atomic E-state index is 14.7. The van der Waals surface area contributed by atoms with E-state index in [0.29, 0.717) is 35.6 Å². The first-order valence-corrected chi connectivity index (χ1v) is 14.8. The van der Waals surface area contributed by atoms with Gasteiger partial charge in [0.15, 0.2) is 0 Å². The number of thiophene rings is 1. The van der Waals surface area contributed by atoms with Crippen LogP contribution >= 0.6 is 34.5 Å². The SMILES string of the molecule is FC(Cc1ccccc1)CC1CCN(CC2CN(Cc3ccc(Cl)cc3Cl)C[C@@H]2c2ccsc2)CC1. The van der Waals surface area contributed by atoms with E-state index < -0.39 is 6.17 Å². The molecule has 3 atom stereocenters. The molecular weight excluding hydrogens is 510 g/mol. The van der Waals surface area contributed by atoms with Crippen molar-refractivity contribution in [1.29, 1.82) is 0 Å². The highest BCUT2D eigenvalue weighted by atomic mass is 35.5. The van der Waals surface area contributed by atoms with Gasteiger partial charge in [-0.15, -0.1) is 0 Å². The van der Waals surface area contributed by atoms with Gasteiger partial charge in [-0.05, 0) is 89.8 Å². The van der Waals surface area contributed by atoms with E-state index in [1.807, 2.05) is 42.5 Å². The number of hydrogen-bond donors (Lipinski definition) is 0. The normalized spacial score (nSPS) is 22.8. The number of piperidine rings is 1. The summed E-state index contributed by atoms with van der Waals surface area (Å²) in [6.07, 6.45) is 2.71. The molecule has 1 aromatic heterocycles. The van der Waals surface area contributed by atoms with Crippen molar-refractivity contribution in [2.75, 3.05) is 32.7 Å². The number of likely N-dealkylation sites (tertiary alicyclic amines) is 2. The Kier molecular flexibility index (Phi) is 9.03. The van der Waals surface area contributed by atoms with Crippen LogP contribution in [-0.4, -0.2) is 48.7 Å². The smallest absolute Gasteiger partial charge is 0.104 e. The van der Waals surface area contributed by atoms with Gasteiger partial charge in [-0.3, -0.25) is 4.90 Å². The Morgan fingerprint density at radius 1 is 0.972 bits per heavy atom. The largest absolute Gasteiger partial charge is 0.303 e. The third kappa shape index (κ3) is 6.90. The third-order valence-corrected chi connectivity index (χ3v) is 9.27. The lowest BCUT2D eigenvalue weighted by molar-refractivity contribution is 0.135. The Balaban J connectivity index is 1.14. The van der Waals surface area contributed by atoms with Gasteiger partial charge in [-0.1, -0.05) is 59.6 Å². The van der Waals surface area contributed by atoms with Crippen LogP contribution in [0, 0.1) is 11.8 Å². The van der Waals surface area contributed by atoms with Crippen molar-refractivity contribution in [3.05, 3.63) is 92.1 Å². The molecule has 2 aliphatic rings. The molecule has 0 aliphatic carbocycles. The summed E-state index contributed by atoms with van der Waals surface area (Å²) in [7, 11) is 0. The molecule has 2 fully saturated rings. The molecule has 6 heteroatoms. The summed E-state index contributed by atoms with van der Waals surface area (Å²) in [6, 6.07) is 18.2. The summed E-state index contributed by atoms with van der Waals surface area (Å²) in [4.78, 5) is 5.18. The highest BCUT2D eigenvalue weighted by Crippen LogP contribution is 2.37. The van der Waals surface area contributed by atoms with Gasteiger partial charge < -0.3 is 4.90 Å². The van der Waals surface area contributed by atoms with Crippen molar-refractivity contribution in [1.82, 2.24) is 9.80 Å². The van der Waals surface area contributed by atoms with Gasteiger partial charge >= 0.3 is 0 Å². The van der Waals surface area contributed by atoms with Crippen LogP contribution in [0.2, 0.25) is 10.0 Å². The highest BCUT2D eigenvalue weighted by molar-refractivity contribution is 7.08. The fourth-order valence-electron chi connectivity index (χ4n) is 6.08. The van der Waals surface area contributed by atoms with Gasteiger partial charge in [0.1, 0.15) is 6.17 Å². The molecule has 36 heavy (non-hydrogen) atoms. The van der Waals surface area contributed by atoms with Crippen molar-refractivity contribution >= 4 is 34.5 Å². The van der Waals surface area contributed by atoms with Crippen LogP contribution in [0.5, 0.6) is 0 Å². The molecule has 192 valence electrons. The van der Waals surface area contributed by atoms with Gasteiger partial charge in [0.25, 0.3) is 0 Å². The van der Waals surface area contributed by atoms with Crippen LogP contribution in [0.25, 0.3) is 0 Å². The Bertz CT molecular complexity index is 1090. The Labute approximate surface area is 229 Å². The second-order valence-electron chi connectivity index (χ2n) is 10.6. The third-order valence-electron chi connectivity index (χ3n) is 7.99. The molecule has 0 spiro atoms. The highest BCUT2D eigenvalue weighted by Gasteiger charge is 2.36. The van der Waals surface area contributed by atoms with Crippen molar-refractivity contribution in [2.24, 2.45) is 11.8 Å². The fraction of sp³-hybridized carbons (Fsp3) is 0.467. The number of rotatable bonds is 9. The number of hydrogen-bond acceptors (Lipinski definition) is 3. The molecule has 0 amide bonds. The number of nitrogens with zero attached hydrogens (tertiary/aromatic N) is 2. The van der Waals surface area contributed by atoms with Crippen LogP contribution < -0.4 is 0 Å². The quantitative estimate of drug-likeness (QED) is 0.269. The van der Waals surface area contributed by atoms with Gasteiger partial charge in [-0.2, -0.15) is 11.3 Å². The first-order chi connectivity index (χ1) is 17.5. The van der Waals surface area contributed by atoms with E-state index in [9.17, 15) is 4.39 Å². The molecular formula is C30H35Cl2FN2S. The van der Waals surface area contributed by atoms with Crippen LogP contribution in [0.1, 0.15) is 41.9 Å². The first kappa shape index (κ1) is 26.2. The minimum Gasteiger partial charge on any atom is -0.303 e. The number of benzene rings is 2. The minimum atomic E-state index is -0.741. The Morgan fingerprint density at radius 3 is 2.50 bits per heavy atom. The number of alkyl halides is 1. The lowest BCUT2D eigenvalue weighted by Crippen LogP contribution is -2.39. The maximum absolute atomic E-state index is 14.7. The standard InChI is InChI=1S/C30H35Cl2FN2S/c31-27-7-6-24(30(32)16-27)17-35-19-26(29(20-35)25-10-13-36-21-25)18-34-11-8-23(9-12-34)15-28(33)14-22-4-2-1-3-5-22/h1-7,10,13,16,21,23,26,28-29H,8-9,11-12,14-15,17-20H2/t26?,28?,29-/m1/s1. The lowest BCUT2D eigenvalue weighted by atomic mass is 9.87. The number of halogens is 3. The van der Waals surface area contributed by atoms with Gasteiger partial charge in [0, 0.05) is 48.6 Å². The zero-order valence-corrected chi connectivity index (χ0v) is 23.0. The molecule has 2 nitrogen and oxygen atoms in total. The van der Waals surface area contributed by atoms with E-state index in [0.717, 1.165) is 68.3 Å². The lowest BCUT2D eigenvalue weighted by Gasteiger charge is -2.35. The summed E-state index contributed by atoms with van der Waals surface area (Å²) in [5.74, 6) is 1.63. The second-order valence-corrected chi connectivity index (χ2v) is 12.2. The molecule has 0 N–H and O–H groups in total. The predicted molar refractivity (Wildman–Crippen MR) is 151 cm³/mol. The molecule has 2 saturated heterocycles. The molecule has 2 aromatic carbocycles. The molecule has 3 heterocycles. The van der Waals surface area contributed by atoms with E-state index in [1.165, 1.54) is 5.56 Å². The van der Waals surface area contributed by atoms with Crippen LogP contribution in [0.4, 0.5) is 4.39 Å². The maximum Gasteiger partial charge on any atom is 0.104 e. The monoisotopic (exact) mass is 544 g/mol. The molecule has 0 bridgehead atoms. The van der Waals surface area contributed by atoms with Crippen molar-refractivity contribution in [2.45, 2.75) is 44.3 Å². The van der Waals surface area contributed by atoms with Crippen LogP contribution in [-0.2, 0) is 13.0 Å². The zero-order chi connectivity index (χ0) is 24.9. The molecule has 2 aliphatic heterocycles. The van der Waals surface area contributed by atoms with Crippen molar-refractivity contribution < 1.29 is 4.39 Å². The topological polar surface area (TPSA) is 6.48 Å². The average Bonchev–Trinajstić information content (AvgIpc) is 3.53. The Hall–Kier alpha value is -1.43. The van der Waals surface area contributed by atoms with Gasteiger partial charge in [-0.25, -0.2) is 4.39 Å². The van der Waals surface area contributed by atoms with E-state index in [1.54, 1.807) is 11.3 Å². The molecule has 0 saturated carbocycles. The van der Waals surface area contributed by atoms with E-state index in [4.69, 9.17) is 23.2 Å². The van der Waals surface area contributed by atoms with E-state index in [-0.39, 0.29) is 0 Å². The van der Waals surface area contributed by atoms with Crippen LogP contribution in [0.15, 0.2) is 65.4 Å². The first-order valence-electron chi connectivity index (χ1n) is 13.1. The summed E-state index contributed by atoms with van der Waals surface area (Å²) < 4.78 is 14.7. The van der Waals surface area contributed by atoms with E-state index >= 15 is 0 Å². The summed E-state index contributed by atoms with van der Waals surface area (Å²) in [5.41, 5.74) is 3.71. The fourth-order valence-corrected chi connectivity index (χ4v) is 7.27. The molecule has 3 aromatic rings. The molecule has 5 rings (SSSR count). The van der Waals surface area contributed by atoms with Gasteiger partial charge in [0.2, 0.25) is 0 Å². The molecule has 0 radical (unpaired) electrons. The summed E-state index contributed by atoms with van der Waals surface area (Å²) in [5, 5.41) is 5.94. The van der Waals surface area contributed by atoms with Crippen molar-refractivity contribution in [3.8, 4) is 0 Å². The summed E-state index contributed by atoms with van der Waals surface area (Å²) >= 11 is 14.4.